The van der Waals surface area contributed by atoms with E-state index in [2.05, 4.69) is 15.5 Å². The molecule has 0 unspecified atom stereocenters. The van der Waals surface area contributed by atoms with Crippen molar-refractivity contribution in [3.63, 3.8) is 0 Å². The van der Waals surface area contributed by atoms with E-state index in [1.807, 2.05) is 31.2 Å². The molecule has 0 atom stereocenters. The molecule has 3 rings (SSSR count). The monoisotopic (exact) mass is 408 g/mol. The summed E-state index contributed by atoms with van der Waals surface area (Å²) in [5, 5.41) is 6.63. The summed E-state index contributed by atoms with van der Waals surface area (Å²) >= 11 is 0. The molecule has 0 aliphatic heterocycles. The van der Waals surface area contributed by atoms with Crippen molar-refractivity contribution in [2.75, 3.05) is 18.9 Å². The SMILES string of the molecule is CCc1ccccc1NC(=O)CN(C)C(=O)c1ccc(OCc2noc(C)n2)cc1. The Kier molecular flexibility index (Phi) is 6.79. The van der Waals surface area contributed by atoms with Gasteiger partial charge in [0.25, 0.3) is 5.91 Å². The van der Waals surface area contributed by atoms with Crippen LogP contribution >= 0.6 is 0 Å². The number of nitrogens with one attached hydrogen (secondary N) is 1. The molecule has 0 radical (unpaired) electrons. The number of aryl methyl sites for hydroxylation is 2. The lowest BCUT2D eigenvalue weighted by Gasteiger charge is -2.18. The third-order valence-corrected chi connectivity index (χ3v) is 4.44. The molecule has 1 heterocycles. The zero-order chi connectivity index (χ0) is 21.5. The molecule has 156 valence electrons. The highest BCUT2D eigenvalue weighted by atomic mass is 16.5. The van der Waals surface area contributed by atoms with Crippen molar-refractivity contribution in [1.29, 1.82) is 0 Å². The average Bonchev–Trinajstić information content (AvgIpc) is 3.17. The Labute approximate surface area is 174 Å². The molecule has 0 bridgehead atoms. The minimum absolute atomic E-state index is 0.0493. The number of anilines is 1. The van der Waals surface area contributed by atoms with Gasteiger partial charge in [0, 0.05) is 25.2 Å². The first-order chi connectivity index (χ1) is 14.5. The lowest BCUT2D eigenvalue weighted by molar-refractivity contribution is -0.116. The quantitative estimate of drug-likeness (QED) is 0.615. The Hall–Kier alpha value is -3.68. The molecule has 2 amide bonds. The van der Waals surface area contributed by atoms with Crippen LogP contribution in [-0.2, 0) is 17.8 Å². The normalized spacial score (nSPS) is 10.5. The van der Waals surface area contributed by atoms with Gasteiger partial charge in [0.1, 0.15) is 5.75 Å². The summed E-state index contributed by atoms with van der Waals surface area (Å²) in [5.41, 5.74) is 2.28. The van der Waals surface area contributed by atoms with Crippen molar-refractivity contribution in [3.8, 4) is 5.75 Å². The zero-order valence-electron chi connectivity index (χ0n) is 17.2. The molecule has 0 saturated carbocycles. The van der Waals surface area contributed by atoms with Gasteiger partial charge in [-0.05, 0) is 42.3 Å². The number of hydrogen-bond donors (Lipinski definition) is 1. The number of carbonyl (C=O) groups excluding carboxylic acids is 2. The second-order valence-electron chi connectivity index (χ2n) is 6.76. The molecule has 0 aliphatic carbocycles. The van der Waals surface area contributed by atoms with E-state index in [1.165, 1.54) is 4.90 Å². The van der Waals surface area contributed by atoms with E-state index in [-0.39, 0.29) is 25.0 Å². The summed E-state index contributed by atoms with van der Waals surface area (Å²) in [6.45, 7) is 3.85. The summed E-state index contributed by atoms with van der Waals surface area (Å²) < 4.78 is 10.5. The fourth-order valence-corrected chi connectivity index (χ4v) is 2.89. The van der Waals surface area contributed by atoms with Crippen molar-refractivity contribution in [2.24, 2.45) is 0 Å². The number of nitrogens with zero attached hydrogens (tertiary/aromatic N) is 3. The molecule has 1 N–H and O–H groups in total. The maximum absolute atomic E-state index is 12.6. The Balaban J connectivity index is 1.54. The average molecular weight is 408 g/mol. The van der Waals surface area contributed by atoms with Crippen molar-refractivity contribution in [1.82, 2.24) is 15.0 Å². The first-order valence-corrected chi connectivity index (χ1v) is 9.61. The molecule has 8 nitrogen and oxygen atoms in total. The van der Waals surface area contributed by atoms with Crippen LogP contribution in [0.3, 0.4) is 0 Å². The van der Waals surface area contributed by atoms with E-state index < -0.39 is 0 Å². The number of rotatable bonds is 8. The van der Waals surface area contributed by atoms with Gasteiger partial charge in [0.15, 0.2) is 6.61 Å². The van der Waals surface area contributed by atoms with E-state index in [4.69, 9.17) is 9.26 Å². The van der Waals surface area contributed by atoms with Gasteiger partial charge in [-0.3, -0.25) is 9.59 Å². The maximum atomic E-state index is 12.6. The van der Waals surface area contributed by atoms with Crippen LogP contribution in [-0.4, -0.2) is 40.4 Å². The molecule has 8 heteroatoms. The molecule has 30 heavy (non-hydrogen) atoms. The number of para-hydroxylation sites is 1. The van der Waals surface area contributed by atoms with Gasteiger partial charge < -0.3 is 19.5 Å². The summed E-state index contributed by atoms with van der Waals surface area (Å²) in [4.78, 5) is 30.4. The molecular weight excluding hydrogens is 384 g/mol. The van der Waals surface area contributed by atoms with E-state index in [9.17, 15) is 9.59 Å². The fourth-order valence-electron chi connectivity index (χ4n) is 2.89. The van der Waals surface area contributed by atoms with Crippen LogP contribution < -0.4 is 10.1 Å². The molecule has 0 spiro atoms. The van der Waals surface area contributed by atoms with Gasteiger partial charge in [0.05, 0.1) is 6.54 Å². The molecular formula is C22H24N4O4. The van der Waals surface area contributed by atoms with Gasteiger partial charge in [-0.15, -0.1) is 0 Å². The standard InChI is InChI=1S/C22H24N4O4/c1-4-16-7-5-6-8-19(16)24-21(27)13-26(3)22(28)17-9-11-18(12-10-17)29-14-20-23-15(2)30-25-20/h5-12H,4,13-14H2,1-3H3,(H,24,27). The molecule has 0 fully saturated rings. The van der Waals surface area contributed by atoms with E-state index >= 15 is 0 Å². The topological polar surface area (TPSA) is 97.6 Å². The number of hydrogen-bond acceptors (Lipinski definition) is 6. The van der Waals surface area contributed by atoms with Gasteiger partial charge >= 0.3 is 0 Å². The third-order valence-electron chi connectivity index (χ3n) is 4.44. The van der Waals surface area contributed by atoms with Crippen LogP contribution in [0, 0.1) is 6.92 Å². The minimum atomic E-state index is -0.255. The second-order valence-corrected chi connectivity index (χ2v) is 6.76. The predicted octanol–water partition coefficient (Wildman–Crippen LogP) is 3.23. The molecule has 0 aliphatic rings. The van der Waals surface area contributed by atoms with Crippen LogP contribution in [0.5, 0.6) is 5.75 Å². The van der Waals surface area contributed by atoms with Gasteiger partial charge in [0.2, 0.25) is 17.6 Å². The minimum Gasteiger partial charge on any atom is -0.485 e. The highest BCUT2D eigenvalue weighted by Crippen LogP contribution is 2.16. The van der Waals surface area contributed by atoms with Crippen molar-refractivity contribution < 1.29 is 18.8 Å². The molecule has 2 aromatic carbocycles. The highest BCUT2D eigenvalue weighted by Gasteiger charge is 2.16. The van der Waals surface area contributed by atoms with E-state index in [0.29, 0.717) is 23.0 Å². The summed E-state index contributed by atoms with van der Waals surface area (Å²) in [7, 11) is 1.59. The number of ether oxygens (including phenoxy) is 1. The summed E-state index contributed by atoms with van der Waals surface area (Å²) in [5.74, 6) is 0.991. The zero-order valence-corrected chi connectivity index (χ0v) is 17.2. The summed E-state index contributed by atoms with van der Waals surface area (Å²) in [6.07, 6.45) is 0.811. The highest BCUT2D eigenvalue weighted by molar-refractivity contribution is 5.99. The number of carbonyl (C=O) groups is 2. The van der Waals surface area contributed by atoms with E-state index in [1.54, 1.807) is 38.2 Å². The predicted molar refractivity (Wildman–Crippen MR) is 111 cm³/mol. The van der Waals surface area contributed by atoms with Crippen LogP contribution in [0.15, 0.2) is 53.1 Å². The lowest BCUT2D eigenvalue weighted by atomic mass is 10.1. The van der Waals surface area contributed by atoms with Crippen LogP contribution in [0.1, 0.15) is 34.6 Å². The van der Waals surface area contributed by atoms with Crippen LogP contribution in [0.4, 0.5) is 5.69 Å². The fraction of sp³-hybridized carbons (Fsp3) is 0.273. The van der Waals surface area contributed by atoms with Crippen molar-refractivity contribution >= 4 is 17.5 Å². The molecule has 3 aromatic rings. The number of aromatic nitrogens is 2. The Morgan fingerprint density at radius 3 is 2.53 bits per heavy atom. The van der Waals surface area contributed by atoms with Crippen LogP contribution in [0.25, 0.3) is 0 Å². The Bertz CT molecular complexity index is 1010. The largest absolute Gasteiger partial charge is 0.485 e. The Morgan fingerprint density at radius 1 is 1.13 bits per heavy atom. The number of amides is 2. The first kappa shape index (κ1) is 21.0. The molecule has 1 aromatic heterocycles. The lowest BCUT2D eigenvalue weighted by Crippen LogP contribution is -2.35. The maximum Gasteiger partial charge on any atom is 0.254 e. The van der Waals surface area contributed by atoms with Gasteiger partial charge in [-0.25, -0.2) is 0 Å². The van der Waals surface area contributed by atoms with Crippen LogP contribution in [0.2, 0.25) is 0 Å². The first-order valence-electron chi connectivity index (χ1n) is 9.61. The smallest absolute Gasteiger partial charge is 0.254 e. The Morgan fingerprint density at radius 2 is 1.87 bits per heavy atom. The van der Waals surface area contributed by atoms with Crippen molar-refractivity contribution in [3.05, 3.63) is 71.4 Å². The van der Waals surface area contributed by atoms with E-state index in [0.717, 1.165) is 17.7 Å². The summed E-state index contributed by atoms with van der Waals surface area (Å²) in [6, 6.07) is 14.3. The van der Waals surface area contributed by atoms with Gasteiger partial charge in [-0.2, -0.15) is 4.98 Å². The number of likely N-dealkylation sites (N-methyl/N-ethyl adjacent to an activating group) is 1. The van der Waals surface area contributed by atoms with Crippen molar-refractivity contribution in [2.45, 2.75) is 26.9 Å². The molecule has 0 saturated heterocycles. The third kappa shape index (κ3) is 5.44. The number of benzene rings is 2. The second kappa shape index (κ2) is 9.69. The van der Waals surface area contributed by atoms with Gasteiger partial charge in [-0.1, -0.05) is 30.3 Å².